The number of ether oxygens (including phenoxy) is 1. The summed E-state index contributed by atoms with van der Waals surface area (Å²) in [4.78, 5) is 25.9. The number of amides is 1. The van der Waals surface area contributed by atoms with Crippen molar-refractivity contribution >= 4 is 27.8 Å². The van der Waals surface area contributed by atoms with E-state index in [0.29, 0.717) is 10.0 Å². The average molecular weight is 380 g/mol. The predicted octanol–water partition coefficient (Wildman–Crippen LogP) is 3.57. The first-order chi connectivity index (χ1) is 10.9. The summed E-state index contributed by atoms with van der Waals surface area (Å²) in [5.74, 6) is -2.00. The maximum atomic E-state index is 13.8. The van der Waals surface area contributed by atoms with Crippen molar-refractivity contribution in [2.24, 2.45) is 0 Å². The van der Waals surface area contributed by atoms with Gasteiger partial charge in [0.1, 0.15) is 5.82 Å². The number of hydrogen-bond donors (Lipinski definition) is 0. The van der Waals surface area contributed by atoms with Crippen LogP contribution in [0.1, 0.15) is 22.0 Å². The predicted molar refractivity (Wildman–Crippen MR) is 87.4 cm³/mol. The summed E-state index contributed by atoms with van der Waals surface area (Å²) in [5.41, 5.74) is 0.293. The van der Waals surface area contributed by atoms with Crippen LogP contribution in [0.3, 0.4) is 0 Å². The normalized spacial score (nSPS) is 11.7. The van der Waals surface area contributed by atoms with Crippen molar-refractivity contribution in [3.05, 3.63) is 69.9 Å². The van der Waals surface area contributed by atoms with Crippen molar-refractivity contribution in [1.29, 1.82) is 0 Å². The fourth-order valence-electron chi connectivity index (χ4n) is 1.95. The molecule has 0 heterocycles. The highest BCUT2D eigenvalue weighted by Crippen LogP contribution is 2.23. The average Bonchev–Trinajstić information content (AvgIpc) is 2.54. The third kappa shape index (κ3) is 4.16. The van der Waals surface area contributed by atoms with E-state index in [1.165, 1.54) is 17.0 Å². The highest BCUT2D eigenvalue weighted by Gasteiger charge is 2.28. The Bertz CT molecular complexity index is 719. The number of benzene rings is 2. The lowest BCUT2D eigenvalue weighted by atomic mass is 10.1. The van der Waals surface area contributed by atoms with Gasteiger partial charge in [0, 0.05) is 24.1 Å². The summed E-state index contributed by atoms with van der Waals surface area (Å²) in [6.45, 7) is 0. The molecule has 0 aromatic heterocycles. The molecular formula is C17H15BrFNO3. The van der Waals surface area contributed by atoms with Gasteiger partial charge in [-0.2, -0.15) is 0 Å². The molecule has 23 heavy (non-hydrogen) atoms. The van der Waals surface area contributed by atoms with Crippen molar-refractivity contribution in [2.75, 3.05) is 14.1 Å². The zero-order chi connectivity index (χ0) is 17.0. The van der Waals surface area contributed by atoms with Gasteiger partial charge in [0.2, 0.25) is 6.10 Å². The van der Waals surface area contributed by atoms with Gasteiger partial charge >= 0.3 is 5.97 Å². The van der Waals surface area contributed by atoms with Gasteiger partial charge < -0.3 is 9.64 Å². The van der Waals surface area contributed by atoms with Gasteiger partial charge in [0.25, 0.3) is 5.91 Å². The van der Waals surface area contributed by atoms with Crippen LogP contribution in [0.15, 0.2) is 53.0 Å². The molecule has 0 saturated carbocycles. The first-order valence-corrected chi connectivity index (χ1v) is 7.61. The van der Waals surface area contributed by atoms with Gasteiger partial charge in [-0.15, -0.1) is 0 Å². The number of likely N-dealkylation sites (N-methyl/N-ethyl adjacent to an activating group) is 1. The second kappa shape index (κ2) is 7.37. The molecule has 1 atom stereocenters. The van der Waals surface area contributed by atoms with Gasteiger partial charge in [-0.05, 0) is 18.2 Å². The summed E-state index contributed by atoms with van der Waals surface area (Å²) in [6, 6.07) is 12.6. The number of esters is 1. The number of nitrogens with zero attached hydrogens (tertiary/aromatic N) is 1. The maximum absolute atomic E-state index is 13.8. The van der Waals surface area contributed by atoms with E-state index in [0.717, 1.165) is 6.07 Å². The Morgan fingerprint density at radius 3 is 2.39 bits per heavy atom. The van der Waals surface area contributed by atoms with E-state index in [1.807, 2.05) is 0 Å². The number of rotatable bonds is 4. The van der Waals surface area contributed by atoms with E-state index >= 15 is 0 Å². The van der Waals surface area contributed by atoms with E-state index in [4.69, 9.17) is 4.74 Å². The summed E-state index contributed by atoms with van der Waals surface area (Å²) in [6.07, 6.45) is -1.13. The molecule has 0 fully saturated rings. The van der Waals surface area contributed by atoms with Crippen LogP contribution < -0.4 is 0 Å². The first kappa shape index (κ1) is 17.1. The quantitative estimate of drug-likeness (QED) is 0.762. The lowest BCUT2D eigenvalue weighted by Crippen LogP contribution is -2.31. The van der Waals surface area contributed by atoms with Crippen LogP contribution >= 0.6 is 15.9 Å². The molecule has 0 aliphatic rings. The second-order valence-corrected chi connectivity index (χ2v) is 5.97. The lowest BCUT2D eigenvalue weighted by molar-refractivity contribution is -0.138. The standard InChI is InChI=1S/C17H15BrFNO3/c1-20(2)16(21)15(11-6-4-3-5-7-11)23-17(22)13-10-12(18)8-9-14(13)19/h3-10,15H,1-2H3/t15-/m0/s1. The van der Waals surface area contributed by atoms with Crippen molar-refractivity contribution < 1.29 is 18.7 Å². The molecule has 0 spiro atoms. The summed E-state index contributed by atoms with van der Waals surface area (Å²) in [7, 11) is 3.12. The minimum atomic E-state index is -1.13. The molecule has 0 N–H and O–H groups in total. The van der Waals surface area contributed by atoms with Crippen LogP contribution in [-0.4, -0.2) is 30.9 Å². The number of carbonyl (C=O) groups excluding carboxylic acids is 2. The van der Waals surface area contributed by atoms with Crippen molar-refractivity contribution in [2.45, 2.75) is 6.10 Å². The van der Waals surface area contributed by atoms with Crippen LogP contribution in [0.25, 0.3) is 0 Å². The van der Waals surface area contributed by atoms with E-state index in [9.17, 15) is 14.0 Å². The molecule has 2 aromatic rings. The molecule has 6 heteroatoms. The third-order valence-electron chi connectivity index (χ3n) is 3.14. The van der Waals surface area contributed by atoms with Crippen molar-refractivity contribution in [3.63, 3.8) is 0 Å². The van der Waals surface area contributed by atoms with E-state index in [1.54, 1.807) is 44.4 Å². The molecule has 0 saturated heterocycles. The summed E-state index contributed by atoms with van der Waals surface area (Å²) < 4.78 is 19.6. The van der Waals surface area contributed by atoms with Crippen LogP contribution in [0.5, 0.6) is 0 Å². The monoisotopic (exact) mass is 379 g/mol. The minimum absolute atomic E-state index is 0.230. The van der Waals surface area contributed by atoms with Crippen LogP contribution in [0.2, 0.25) is 0 Å². The fourth-order valence-corrected chi connectivity index (χ4v) is 2.31. The Balaban J connectivity index is 2.32. The van der Waals surface area contributed by atoms with Crippen LogP contribution in [-0.2, 0) is 9.53 Å². The molecule has 0 aliphatic carbocycles. The molecule has 0 bridgehead atoms. The Morgan fingerprint density at radius 2 is 1.78 bits per heavy atom. The molecule has 0 unspecified atom stereocenters. The van der Waals surface area contributed by atoms with E-state index in [-0.39, 0.29) is 5.56 Å². The molecule has 0 radical (unpaired) electrons. The Labute approximate surface area is 142 Å². The van der Waals surface area contributed by atoms with Gasteiger partial charge in [-0.1, -0.05) is 46.3 Å². The number of carbonyl (C=O) groups is 2. The topological polar surface area (TPSA) is 46.6 Å². The van der Waals surface area contributed by atoms with Crippen molar-refractivity contribution in [3.8, 4) is 0 Å². The zero-order valence-electron chi connectivity index (χ0n) is 12.6. The first-order valence-electron chi connectivity index (χ1n) is 6.82. The van der Waals surface area contributed by atoms with Gasteiger partial charge in [0.05, 0.1) is 5.56 Å². The smallest absolute Gasteiger partial charge is 0.342 e. The molecule has 1 amide bonds. The van der Waals surface area contributed by atoms with Crippen LogP contribution in [0, 0.1) is 5.82 Å². The summed E-state index contributed by atoms with van der Waals surface area (Å²) >= 11 is 3.18. The van der Waals surface area contributed by atoms with E-state index < -0.39 is 23.8 Å². The highest BCUT2D eigenvalue weighted by atomic mass is 79.9. The van der Waals surface area contributed by atoms with Gasteiger partial charge in [-0.3, -0.25) is 4.79 Å². The van der Waals surface area contributed by atoms with E-state index in [2.05, 4.69) is 15.9 Å². The Kier molecular flexibility index (Phi) is 5.50. The second-order valence-electron chi connectivity index (χ2n) is 5.05. The molecule has 2 aromatic carbocycles. The fraction of sp³-hybridized carbons (Fsp3) is 0.176. The maximum Gasteiger partial charge on any atom is 0.342 e. The molecule has 0 aliphatic heterocycles. The molecule has 120 valence electrons. The SMILES string of the molecule is CN(C)C(=O)[C@@H](OC(=O)c1cc(Br)ccc1F)c1ccccc1. The summed E-state index contributed by atoms with van der Waals surface area (Å²) in [5, 5.41) is 0. The van der Waals surface area contributed by atoms with Crippen LogP contribution in [0.4, 0.5) is 4.39 Å². The number of hydrogen-bond acceptors (Lipinski definition) is 3. The van der Waals surface area contributed by atoms with Crippen molar-refractivity contribution in [1.82, 2.24) is 4.90 Å². The molecule has 2 rings (SSSR count). The minimum Gasteiger partial charge on any atom is -0.444 e. The van der Waals surface area contributed by atoms with Gasteiger partial charge in [-0.25, -0.2) is 9.18 Å². The molecule has 4 nitrogen and oxygen atoms in total. The Morgan fingerprint density at radius 1 is 1.13 bits per heavy atom. The molecular weight excluding hydrogens is 365 g/mol. The highest BCUT2D eigenvalue weighted by molar-refractivity contribution is 9.10. The lowest BCUT2D eigenvalue weighted by Gasteiger charge is -2.21. The third-order valence-corrected chi connectivity index (χ3v) is 3.63. The Hall–Kier alpha value is -2.21. The largest absolute Gasteiger partial charge is 0.444 e. The zero-order valence-corrected chi connectivity index (χ0v) is 14.2. The van der Waals surface area contributed by atoms with Gasteiger partial charge in [0.15, 0.2) is 0 Å². The number of halogens is 2.